The van der Waals surface area contributed by atoms with Crippen molar-refractivity contribution >= 4 is 11.6 Å². The van der Waals surface area contributed by atoms with E-state index in [1.165, 1.54) is 0 Å². The highest BCUT2D eigenvalue weighted by Gasteiger charge is 2.28. The maximum Gasteiger partial charge on any atom is 0.390 e. The normalized spacial score (nSPS) is 13.9. The van der Waals surface area contributed by atoms with Crippen LogP contribution >= 0.6 is 11.6 Å². The zero-order valence-electron chi connectivity index (χ0n) is 10.0. The van der Waals surface area contributed by atoms with Gasteiger partial charge in [0.25, 0.3) is 0 Å². The van der Waals surface area contributed by atoms with Crippen LogP contribution in [0.25, 0.3) is 0 Å². The summed E-state index contributed by atoms with van der Waals surface area (Å²) in [7, 11) is 1.63. The van der Waals surface area contributed by atoms with Crippen molar-refractivity contribution in [3.63, 3.8) is 0 Å². The minimum Gasteiger partial charge on any atom is -0.329 e. The standard InChI is InChI=1S/C12H16ClF3N2/c1-18(6-5-12(14,15)16)11(8-17)9-3-2-4-10(13)7-9/h2-4,7,11H,5-6,8,17H2,1H3. The van der Waals surface area contributed by atoms with E-state index >= 15 is 0 Å². The predicted octanol–water partition coefficient (Wildman–Crippen LogP) is 3.22. The van der Waals surface area contributed by atoms with Gasteiger partial charge in [-0.15, -0.1) is 0 Å². The monoisotopic (exact) mass is 280 g/mol. The van der Waals surface area contributed by atoms with Crippen molar-refractivity contribution in [1.82, 2.24) is 4.90 Å². The summed E-state index contributed by atoms with van der Waals surface area (Å²) in [6, 6.07) is 6.76. The molecule has 2 N–H and O–H groups in total. The molecule has 0 fully saturated rings. The number of rotatable bonds is 5. The van der Waals surface area contributed by atoms with E-state index in [1.54, 1.807) is 30.1 Å². The quantitative estimate of drug-likeness (QED) is 0.897. The zero-order chi connectivity index (χ0) is 13.8. The summed E-state index contributed by atoms with van der Waals surface area (Å²) in [6.07, 6.45) is -5.00. The van der Waals surface area contributed by atoms with E-state index in [-0.39, 0.29) is 19.1 Å². The van der Waals surface area contributed by atoms with Gasteiger partial charge in [0, 0.05) is 24.2 Å². The van der Waals surface area contributed by atoms with Crippen LogP contribution in [0.3, 0.4) is 0 Å². The number of hydrogen-bond acceptors (Lipinski definition) is 2. The van der Waals surface area contributed by atoms with Crippen molar-refractivity contribution in [2.45, 2.75) is 18.6 Å². The van der Waals surface area contributed by atoms with Gasteiger partial charge in [0.1, 0.15) is 0 Å². The smallest absolute Gasteiger partial charge is 0.329 e. The van der Waals surface area contributed by atoms with Crippen LogP contribution in [0, 0.1) is 0 Å². The van der Waals surface area contributed by atoms with Gasteiger partial charge in [-0.25, -0.2) is 0 Å². The molecule has 0 heterocycles. The summed E-state index contributed by atoms with van der Waals surface area (Å²) in [4.78, 5) is 1.60. The Kier molecular flexibility index (Phi) is 5.44. The molecular weight excluding hydrogens is 265 g/mol. The number of likely N-dealkylation sites (N-methyl/N-ethyl adjacent to an activating group) is 1. The zero-order valence-corrected chi connectivity index (χ0v) is 10.8. The van der Waals surface area contributed by atoms with Crippen LogP contribution in [0.1, 0.15) is 18.0 Å². The van der Waals surface area contributed by atoms with Crippen LogP contribution in [0.4, 0.5) is 13.2 Å². The number of hydrogen-bond donors (Lipinski definition) is 1. The molecular formula is C12H16ClF3N2. The summed E-state index contributed by atoms with van der Waals surface area (Å²) >= 11 is 5.86. The van der Waals surface area contributed by atoms with Crippen LogP contribution in [0.5, 0.6) is 0 Å². The fraction of sp³-hybridized carbons (Fsp3) is 0.500. The lowest BCUT2D eigenvalue weighted by atomic mass is 10.1. The molecule has 1 rings (SSSR count). The van der Waals surface area contributed by atoms with Gasteiger partial charge in [-0.05, 0) is 24.7 Å². The third-order valence-corrected chi connectivity index (χ3v) is 2.97. The largest absolute Gasteiger partial charge is 0.390 e. The lowest BCUT2D eigenvalue weighted by molar-refractivity contribution is -0.138. The van der Waals surface area contributed by atoms with Crippen LogP contribution in [0.2, 0.25) is 5.02 Å². The molecule has 102 valence electrons. The van der Waals surface area contributed by atoms with Crippen molar-refractivity contribution in [2.75, 3.05) is 20.1 Å². The molecule has 1 unspecified atom stereocenters. The van der Waals surface area contributed by atoms with Gasteiger partial charge in [-0.3, -0.25) is 4.90 Å². The summed E-state index contributed by atoms with van der Waals surface area (Å²) < 4.78 is 36.5. The molecule has 1 aromatic carbocycles. The maximum atomic E-state index is 12.2. The molecule has 0 spiro atoms. The first kappa shape index (κ1) is 15.3. The average Bonchev–Trinajstić information content (AvgIpc) is 2.26. The molecule has 2 nitrogen and oxygen atoms in total. The Morgan fingerprint density at radius 2 is 2.06 bits per heavy atom. The summed E-state index contributed by atoms with van der Waals surface area (Å²) in [5.74, 6) is 0. The Balaban J connectivity index is 2.71. The topological polar surface area (TPSA) is 29.3 Å². The molecule has 0 saturated carbocycles. The molecule has 0 bridgehead atoms. The van der Waals surface area contributed by atoms with Crippen molar-refractivity contribution in [2.24, 2.45) is 5.73 Å². The molecule has 0 aliphatic heterocycles. The number of halogens is 4. The first-order valence-electron chi connectivity index (χ1n) is 5.56. The molecule has 0 aromatic heterocycles. The van der Waals surface area contributed by atoms with Crippen molar-refractivity contribution in [3.8, 4) is 0 Å². The maximum absolute atomic E-state index is 12.2. The second kappa shape index (κ2) is 6.41. The fourth-order valence-corrected chi connectivity index (χ4v) is 1.94. The Morgan fingerprint density at radius 3 is 2.56 bits per heavy atom. The average molecular weight is 281 g/mol. The van der Waals surface area contributed by atoms with Gasteiger partial charge in [-0.2, -0.15) is 13.2 Å². The molecule has 0 aliphatic carbocycles. The molecule has 1 atom stereocenters. The van der Waals surface area contributed by atoms with Crippen molar-refractivity contribution < 1.29 is 13.2 Å². The minimum atomic E-state index is -4.15. The van der Waals surface area contributed by atoms with Gasteiger partial charge in [0.05, 0.1) is 6.42 Å². The number of benzene rings is 1. The molecule has 1 aromatic rings. The predicted molar refractivity (Wildman–Crippen MR) is 66.5 cm³/mol. The summed E-state index contributed by atoms with van der Waals surface area (Å²) in [5, 5.41) is 0.551. The minimum absolute atomic E-state index is 0.0854. The lowest BCUT2D eigenvalue weighted by Gasteiger charge is -2.27. The van der Waals surface area contributed by atoms with Crippen LogP contribution in [0.15, 0.2) is 24.3 Å². The molecule has 0 saturated heterocycles. The Morgan fingerprint density at radius 1 is 1.39 bits per heavy atom. The van der Waals surface area contributed by atoms with Crippen LogP contribution in [-0.2, 0) is 0 Å². The first-order valence-corrected chi connectivity index (χ1v) is 5.94. The number of nitrogens with two attached hydrogens (primary N) is 1. The lowest BCUT2D eigenvalue weighted by Crippen LogP contribution is -2.33. The van der Waals surface area contributed by atoms with E-state index in [0.29, 0.717) is 5.02 Å². The second-order valence-corrected chi connectivity index (χ2v) is 4.59. The van der Waals surface area contributed by atoms with E-state index in [1.807, 2.05) is 6.07 Å². The van der Waals surface area contributed by atoms with Gasteiger partial charge in [0.15, 0.2) is 0 Å². The Labute approximate surface area is 110 Å². The van der Waals surface area contributed by atoms with Crippen molar-refractivity contribution in [1.29, 1.82) is 0 Å². The van der Waals surface area contributed by atoms with Gasteiger partial charge < -0.3 is 5.73 Å². The molecule has 18 heavy (non-hydrogen) atoms. The van der Waals surface area contributed by atoms with Crippen molar-refractivity contribution in [3.05, 3.63) is 34.9 Å². The highest BCUT2D eigenvalue weighted by atomic mass is 35.5. The third-order valence-electron chi connectivity index (χ3n) is 2.74. The number of alkyl halides is 3. The SMILES string of the molecule is CN(CCC(F)(F)F)C(CN)c1cccc(Cl)c1. The molecule has 0 amide bonds. The summed E-state index contributed by atoms with van der Waals surface area (Å²) in [6.45, 7) is 0.159. The Bertz CT molecular complexity index is 382. The fourth-order valence-electron chi connectivity index (χ4n) is 1.74. The van der Waals surface area contributed by atoms with Gasteiger partial charge >= 0.3 is 6.18 Å². The highest BCUT2D eigenvalue weighted by molar-refractivity contribution is 6.30. The van der Waals surface area contributed by atoms with Gasteiger partial charge in [0.2, 0.25) is 0 Å². The molecule has 0 radical (unpaired) electrons. The van der Waals surface area contributed by atoms with E-state index in [9.17, 15) is 13.2 Å². The number of nitrogens with zero attached hydrogens (tertiary/aromatic N) is 1. The van der Waals surface area contributed by atoms with E-state index in [0.717, 1.165) is 5.56 Å². The van der Waals surface area contributed by atoms with E-state index < -0.39 is 12.6 Å². The molecule has 6 heteroatoms. The third kappa shape index (κ3) is 4.84. The van der Waals surface area contributed by atoms with Crippen LogP contribution in [-0.4, -0.2) is 31.2 Å². The van der Waals surface area contributed by atoms with Gasteiger partial charge in [-0.1, -0.05) is 23.7 Å². The first-order chi connectivity index (χ1) is 8.33. The molecule has 0 aliphatic rings. The van der Waals surface area contributed by atoms with Crippen LogP contribution < -0.4 is 5.73 Å². The second-order valence-electron chi connectivity index (χ2n) is 4.15. The highest BCUT2D eigenvalue weighted by Crippen LogP contribution is 2.25. The van der Waals surface area contributed by atoms with E-state index in [4.69, 9.17) is 17.3 Å². The summed E-state index contributed by atoms with van der Waals surface area (Å²) in [5.41, 5.74) is 6.46. The Hall–Kier alpha value is -0.780. The van der Waals surface area contributed by atoms with E-state index in [2.05, 4.69) is 0 Å².